The number of hydrogen-bond acceptors (Lipinski definition) is 11. The van der Waals surface area contributed by atoms with Crippen LogP contribution in [0.2, 0.25) is 0 Å². The molecular formula is C29H32N4O9S2. The molecule has 1 amide bonds. The van der Waals surface area contributed by atoms with E-state index in [9.17, 15) is 22.8 Å². The smallest absolute Gasteiger partial charge is 0.333 e. The number of oxazole rings is 1. The van der Waals surface area contributed by atoms with Crippen molar-refractivity contribution < 1.29 is 31.8 Å². The van der Waals surface area contributed by atoms with E-state index in [0.29, 0.717) is 52.6 Å². The SMILES string of the molecule is COc1ccccc1[C@H](Cn1c(=O)n(C2(C(=O)NS(C)(=O)=O)CC2)c(=O)c2c(C)c(-c3ncco3)sc21)OC1CCOCC1. The number of hydrogen-bond donors (Lipinski definition) is 1. The summed E-state index contributed by atoms with van der Waals surface area (Å²) < 4.78 is 51.6. The van der Waals surface area contributed by atoms with E-state index in [2.05, 4.69) is 4.98 Å². The zero-order valence-corrected chi connectivity index (χ0v) is 26.0. The predicted octanol–water partition coefficient (Wildman–Crippen LogP) is 2.70. The summed E-state index contributed by atoms with van der Waals surface area (Å²) in [6.07, 6.45) is 4.48. The molecule has 1 saturated heterocycles. The van der Waals surface area contributed by atoms with Crippen LogP contribution in [-0.4, -0.2) is 61.1 Å². The Hall–Kier alpha value is -3.79. The standard InChI is InChI=1S/C29H32N4O9S2/c1-17-22-25(34)33(29(10-11-29)27(35)31-44(3,37)38)28(36)32(26(22)43-23(17)24-30-12-15-41-24)16-21(42-18-8-13-40-14-9-18)19-6-4-5-7-20(19)39-2/h4-7,12,15,18,21H,8-11,13-14,16H2,1-3H3,(H,31,35)/t21-/m0/s1. The van der Waals surface area contributed by atoms with Crippen molar-refractivity contribution in [2.75, 3.05) is 26.6 Å². The summed E-state index contributed by atoms with van der Waals surface area (Å²) >= 11 is 1.18. The average molecular weight is 645 g/mol. The van der Waals surface area contributed by atoms with Crippen molar-refractivity contribution >= 4 is 37.5 Å². The van der Waals surface area contributed by atoms with Crippen molar-refractivity contribution in [1.82, 2.24) is 18.8 Å². The van der Waals surface area contributed by atoms with Crippen molar-refractivity contribution in [3.63, 3.8) is 0 Å². The highest BCUT2D eigenvalue weighted by Gasteiger charge is 2.55. The fourth-order valence-electron chi connectivity index (χ4n) is 5.72. The van der Waals surface area contributed by atoms with Crippen molar-refractivity contribution in [1.29, 1.82) is 0 Å². The number of benzene rings is 1. The molecule has 1 N–H and O–H groups in total. The van der Waals surface area contributed by atoms with Gasteiger partial charge in [0.25, 0.3) is 11.5 Å². The van der Waals surface area contributed by atoms with Gasteiger partial charge in [-0.1, -0.05) is 18.2 Å². The topological polar surface area (TPSA) is 161 Å². The van der Waals surface area contributed by atoms with Crippen molar-refractivity contribution in [3.05, 3.63) is 68.7 Å². The first-order valence-corrected chi connectivity index (χ1v) is 16.8. The lowest BCUT2D eigenvalue weighted by molar-refractivity contribution is -0.124. The van der Waals surface area contributed by atoms with Gasteiger partial charge in [-0.25, -0.2) is 22.8 Å². The highest BCUT2D eigenvalue weighted by atomic mass is 32.2. The van der Waals surface area contributed by atoms with Gasteiger partial charge in [-0.05, 0) is 44.2 Å². The average Bonchev–Trinajstić information content (AvgIpc) is 3.45. The van der Waals surface area contributed by atoms with Gasteiger partial charge in [0.2, 0.25) is 15.9 Å². The number of rotatable bonds is 10. The Kier molecular flexibility index (Phi) is 7.98. The molecule has 0 spiro atoms. The van der Waals surface area contributed by atoms with Gasteiger partial charge in [0.15, 0.2) is 0 Å². The minimum atomic E-state index is -3.95. The Morgan fingerprint density at radius 3 is 2.59 bits per heavy atom. The molecule has 1 saturated carbocycles. The van der Waals surface area contributed by atoms with Crippen molar-refractivity contribution in [3.8, 4) is 16.5 Å². The predicted molar refractivity (Wildman–Crippen MR) is 161 cm³/mol. The molecule has 13 nitrogen and oxygen atoms in total. The van der Waals surface area contributed by atoms with Crippen molar-refractivity contribution in [2.24, 2.45) is 0 Å². The molecule has 2 aliphatic rings. The first-order valence-electron chi connectivity index (χ1n) is 14.1. The van der Waals surface area contributed by atoms with Gasteiger partial charge in [-0.15, -0.1) is 11.3 Å². The molecule has 1 aromatic carbocycles. The van der Waals surface area contributed by atoms with E-state index >= 15 is 0 Å². The molecule has 2 fully saturated rings. The van der Waals surface area contributed by atoms with Gasteiger partial charge in [-0.3, -0.25) is 18.9 Å². The number of aromatic nitrogens is 3. The molecule has 4 aromatic rings. The zero-order valence-electron chi connectivity index (χ0n) is 24.4. The summed E-state index contributed by atoms with van der Waals surface area (Å²) in [6, 6.07) is 7.35. The summed E-state index contributed by atoms with van der Waals surface area (Å²) in [7, 11) is -2.40. The molecule has 15 heteroatoms. The second-order valence-electron chi connectivity index (χ2n) is 11.0. The summed E-state index contributed by atoms with van der Waals surface area (Å²) in [4.78, 5) is 47.0. The molecule has 44 heavy (non-hydrogen) atoms. The normalized spacial score (nSPS) is 17.4. The molecule has 0 radical (unpaired) electrons. The summed E-state index contributed by atoms with van der Waals surface area (Å²) in [5.74, 6) is -0.0776. The molecule has 1 aliphatic heterocycles. The fraction of sp³-hybridized carbons (Fsp3) is 0.448. The Morgan fingerprint density at radius 1 is 1.23 bits per heavy atom. The largest absolute Gasteiger partial charge is 0.496 e. The molecule has 6 rings (SSSR count). The molecule has 3 aromatic heterocycles. The minimum Gasteiger partial charge on any atom is -0.496 e. The number of sulfonamides is 1. The lowest BCUT2D eigenvalue weighted by atomic mass is 10.1. The van der Waals surface area contributed by atoms with Crippen LogP contribution in [0.5, 0.6) is 5.75 Å². The quantitative estimate of drug-likeness (QED) is 0.272. The molecule has 4 heterocycles. The van der Waals surface area contributed by atoms with Crippen LogP contribution >= 0.6 is 11.3 Å². The third-order valence-corrected chi connectivity index (χ3v) is 9.91. The van der Waals surface area contributed by atoms with Crippen LogP contribution in [0.4, 0.5) is 0 Å². The van der Waals surface area contributed by atoms with Crippen LogP contribution in [0.1, 0.15) is 42.9 Å². The Morgan fingerprint density at radius 2 is 1.95 bits per heavy atom. The number of nitrogens with one attached hydrogen (secondary N) is 1. The molecule has 1 aliphatic carbocycles. The van der Waals surface area contributed by atoms with E-state index in [4.69, 9.17) is 18.6 Å². The maximum Gasteiger partial charge on any atom is 0.333 e. The third-order valence-electron chi connectivity index (χ3n) is 8.05. The van der Waals surface area contributed by atoms with E-state index < -0.39 is 38.8 Å². The third kappa shape index (κ3) is 5.49. The maximum absolute atomic E-state index is 14.4. The molecule has 0 unspecified atom stereocenters. The van der Waals surface area contributed by atoms with Crippen LogP contribution in [0, 0.1) is 6.92 Å². The number of thiophene rings is 1. The Balaban J connectivity index is 1.57. The molecular weight excluding hydrogens is 612 g/mol. The zero-order chi connectivity index (χ0) is 31.2. The van der Waals surface area contributed by atoms with Crippen LogP contribution in [0.25, 0.3) is 21.0 Å². The van der Waals surface area contributed by atoms with E-state index in [1.807, 2.05) is 22.9 Å². The number of carbonyl (C=O) groups is 1. The number of para-hydroxylation sites is 1. The number of aryl methyl sites for hydroxylation is 1. The second-order valence-corrected chi connectivity index (χ2v) is 13.8. The van der Waals surface area contributed by atoms with Gasteiger partial charge in [-0.2, -0.15) is 0 Å². The first kappa shape index (κ1) is 30.2. The highest BCUT2D eigenvalue weighted by Crippen LogP contribution is 2.44. The summed E-state index contributed by atoms with van der Waals surface area (Å²) in [6.45, 7) is 2.79. The number of fused-ring (bicyclic) bond motifs is 1. The van der Waals surface area contributed by atoms with Gasteiger partial charge in [0, 0.05) is 18.8 Å². The molecule has 234 valence electrons. The van der Waals surface area contributed by atoms with Crippen LogP contribution in [0.15, 0.2) is 50.7 Å². The van der Waals surface area contributed by atoms with E-state index in [-0.39, 0.29) is 36.8 Å². The van der Waals surface area contributed by atoms with Crippen molar-refractivity contribution in [2.45, 2.75) is 56.9 Å². The number of methoxy groups -OCH3 is 1. The lowest BCUT2D eigenvalue weighted by Gasteiger charge is -2.29. The minimum absolute atomic E-state index is 0.0257. The lowest BCUT2D eigenvalue weighted by Crippen LogP contribution is -2.52. The summed E-state index contributed by atoms with van der Waals surface area (Å²) in [5, 5.41) is 0.214. The number of ether oxygens (including phenoxy) is 3. The Bertz CT molecular complexity index is 1930. The van der Waals surface area contributed by atoms with Gasteiger partial charge < -0.3 is 18.6 Å². The van der Waals surface area contributed by atoms with E-state index in [1.165, 1.54) is 28.4 Å². The summed E-state index contributed by atoms with van der Waals surface area (Å²) in [5.41, 5.74) is -1.85. The van der Waals surface area contributed by atoms with Gasteiger partial charge >= 0.3 is 5.69 Å². The number of carbonyl (C=O) groups excluding carboxylic acids is 1. The second kappa shape index (κ2) is 11.6. The monoisotopic (exact) mass is 644 g/mol. The number of nitrogens with zero attached hydrogens (tertiary/aromatic N) is 3. The Labute approximate surface area is 256 Å². The van der Waals surface area contributed by atoms with Gasteiger partial charge in [0.1, 0.15) is 28.5 Å². The van der Waals surface area contributed by atoms with Crippen LogP contribution < -0.4 is 20.7 Å². The molecule has 1 atom stereocenters. The first-order chi connectivity index (χ1) is 21.0. The van der Waals surface area contributed by atoms with E-state index in [0.717, 1.165) is 10.8 Å². The number of amides is 1. The highest BCUT2D eigenvalue weighted by molar-refractivity contribution is 7.89. The van der Waals surface area contributed by atoms with Gasteiger partial charge in [0.05, 0.1) is 42.5 Å². The van der Waals surface area contributed by atoms with E-state index in [1.54, 1.807) is 20.1 Å². The molecule has 0 bridgehead atoms. The van der Waals surface area contributed by atoms with Crippen LogP contribution in [0.3, 0.4) is 0 Å². The maximum atomic E-state index is 14.4. The van der Waals surface area contributed by atoms with Crippen LogP contribution in [-0.2, 0) is 36.4 Å². The fourth-order valence-corrected chi connectivity index (χ4v) is 7.48.